The first-order chi connectivity index (χ1) is 15.2. The quantitative estimate of drug-likeness (QED) is 0.440. The van der Waals surface area contributed by atoms with Gasteiger partial charge >= 0.3 is 6.03 Å². The van der Waals surface area contributed by atoms with Gasteiger partial charge in [-0.3, -0.25) is 15.0 Å². The summed E-state index contributed by atoms with van der Waals surface area (Å²) in [5, 5.41) is 8.50. The Kier molecular flexibility index (Phi) is 5.64. The lowest BCUT2D eigenvalue weighted by atomic mass is 10.00. The number of imide groups is 1. The molecule has 0 saturated carbocycles. The van der Waals surface area contributed by atoms with Gasteiger partial charge in [0.2, 0.25) is 5.91 Å². The zero-order valence-corrected chi connectivity index (χ0v) is 19.1. The normalized spacial score (nSPS) is 18.3. The number of rotatable bonds is 6. The number of aryl methyl sites for hydroxylation is 2. The Bertz CT molecular complexity index is 1230. The number of imidazole rings is 1. The van der Waals surface area contributed by atoms with Crippen LogP contribution >= 0.6 is 11.8 Å². The average Bonchev–Trinajstić information content (AvgIpc) is 3.23. The summed E-state index contributed by atoms with van der Waals surface area (Å²) in [6.45, 7) is 7.33. The van der Waals surface area contributed by atoms with E-state index in [1.54, 1.807) is 18.4 Å². The molecule has 1 saturated heterocycles. The molecule has 10 heteroatoms. The van der Waals surface area contributed by atoms with E-state index < -0.39 is 23.4 Å². The molecule has 0 unspecified atom stereocenters. The molecule has 1 aliphatic heterocycles. The molecule has 166 valence electrons. The fourth-order valence-corrected chi connectivity index (χ4v) is 4.35. The number of nitrogens with one attached hydrogen (secondary N) is 2. The number of hydrogen-bond acceptors (Lipinski definition) is 6. The van der Waals surface area contributed by atoms with E-state index in [4.69, 9.17) is 4.98 Å². The molecule has 4 rings (SSSR count). The van der Waals surface area contributed by atoms with Gasteiger partial charge in [-0.05, 0) is 38.8 Å². The largest absolute Gasteiger partial charge is 0.344 e. The molecule has 1 atom stereocenters. The molecule has 3 heterocycles. The third-order valence-electron chi connectivity index (χ3n) is 5.47. The Morgan fingerprint density at radius 3 is 2.59 bits per heavy atom. The molecule has 0 aliphatic carbocycles. The summed E-state index contributed by atoms with van der Waals surface area (Å²) >= 11 is 1.19. The highest BCUT2D eigenvalue weighted by Gasteiger charge is 2.47. The van der Waals surface area contributed by atoms with E-state index in [1.807, 2.05) is 50.2 Å². The minimum absolute atomic E-state index is 0.0398. The fraction of sp³-hybridized carbons (Fsp3) is 0.318. The maximum Gasteiger partial charge on any atom is 0.344 e. The summed E-state index contributed by atoms with van der Waals surface area (Å²) in [4.78, 5) is 41.9. The van der Waals surface area contributed by atoms with Gasteiger partial charge < -0.3 is 5.32 Å². The highest BCUT2D eigenvalue weighted by atomic mass is 32.2. The molecule has 9 nitrogen and oxygen atoms in total. The van der Waals surface area contributed by atoms with Crippen LogP contribution in [0.1, 0.15) is 31.5 Å². The van der Waals surface area contributed by atoms with Crippen molar-refractivity contribution in [1.29, 1.82) is 0 Å². The van der Waals surface area contributed by atoms with Crippen LogP contribution in [0, 0.1) is 13.8 Å². The van der Waals surface area contributed by atoms with Crippen LogP contribution in [0.25, 0.3) is 16.8 Å². The van der Waals surface area contributed by atoms with Crippen molar-refractivity contribution in [3.63, 3.8) is 0 Å². The maximum atomic E-state index is 12.5. The van der Waals surface area contributed by atoms with Crippen LogP contribution in [-0.4, -0.2) is 48.7 Å². The van der Waals surface area contributed by atoms with Gasteiger partial charge in [-0.15, -0.1) is 0 Å². The van der Waals surface area contributed by atoms with Crippen molar-refractivity contribution >= 4 is 35.1 Å². The first kappa shape index (κ1) is 21.8. The number of amides is 4. The molecule has 0 bridgehead atoms. The van der Waals surface area contributed by atoms with Crippen molar-refractivity contribution in [2.75, 3.05) is 5.75 Å². The molecule has 0 spiro atoms. The summed E-state index contributed by atoms with van der Waals surface area (Å²) in [6.07, 6.45) is 0.422. The second-order valence-corrected chi connectivity index (χ2v) is 8.86. The van der Waals surface area contributed by atoms with Crippen LogP contribution in [0.15, 0.2) is 41.6 Å². The monoisotopic (exact) mass is 452 g/mol. The number of nitrogens with zero attached hydrogens (tertiary/aromatic N) is 4. The molecule has 2 aromatic heterocycles. The van der Waals surface area contributed by atoms with Crippen LogP contribution in [0.2, 0.25) is 0 Å². The highest BCUT2D eigenvalue weighted by molar-refractivity contribution is 7.99. The van der Waals surface area contributed by atoms with Gasteiger partial charge in [-0.25, -0.2) is 14.3 Å². The Balaban J connectivity index is 1.57. The SMILES string of the molecule is CC[C@@]1(C)NC(=O)N(NC(=O)CSc2nc(-c3ccccc3)c3c(C)cc(C)nn23)C1=O. The van der Waals surface area contributed by atoms with Gasteiger partial charge in [-0.2, -0.15) is 10.1 Å². The Labute approximate surface area is 189 Å². The molecule has 1 fully saturated rings. The lowest BCUT2D eigenvalue weighted by Crippen LogP contribution is -2.49. The molecule has 0 radical (unpaired) electrons. The third kappa shape index (κ3) is 3.81. The van der Waals surface area contributed by atoms with Crippen LogP contribution < -0.4 is 10.7 Å². The standard InChI is InChI=1S/C22H24N6O3S/c1-5-22(4)19(30)28(20(31)24-22)26-16(29)12-32-21-23-17(15-9-7-6-8-10-15)18-13(2)11-14(3)25-27(18)21/h6-11H,5,12H2,1-4H3,(H,24,31)(H,26,29)/t22-/m1/s1. The van der Waals surface area contributed by atoms with Crippen LogP contribution in [-0.2, 0) is 9.59 Å². The Hall–Kier alpha value is -3.40. The van der Waals surface area contributed by atoms with Crippen LogP contribution in [0.3, 0.4) is 0 Å². The third-order valence-corrected chi connectivity index (χ3v) is 6.39. The van der Waals surface area contributed by atoms with Crippen molar-refractivity contribution in [1.82, 2.24) is 30.3 Å². The van der Waals surface area contributed by atoms with E-state index in [2.05, 4.69) is 15.8 Å². The fourth-order valence-electron chi connectivity index (χ4n) is 3.61. The first-order valence-electron chi connectivity index (χ1n) is 10.2. The van der Waals surface area contributed by atoms with E-state index in [0.717, 1.165) is 33.0 Å². The first-order valence-corrected chi connectivity index (χ1v) is 11.2. The summed E-state index contributed by atoms with van der Waals surface area (Å²) in [6, 6.07) is 11.1. The van der Waals surface area contributed by atoms with E-state index in [0.29, 0.717) is 11.6 Å². The highest BCUT2D eigenvalue weighted by Crippen LogP contribution is 2.30. The number of hydrazine groups is 1. The number of thioether (sulfide) groups is 1. The van der Waals surface area contributed by atoms with Crippen LogP contribution in [0.4, 0.5) is 4.79 Å². The van der Waals surface area contributed by atoms with Crippen LogP contribution in [0.5, 0.6) is 0 Å². The number of fused-ring (bicyclic) bond motifs is 1. The van der Waals surface area contributed by atoms with Crippen molar-refractivity contribution in [3.8, 4) is 11.3 Å². The predicted octanol–water partition coefficient (Wildman–Crippen LogP) is 2.86. The lowest BCUT2D eigenvalue weighted by molar-refractivity contribution is -0.137. The van der Waals surface area contributed by atoms with Crippen molar-refractivity contribution in [3.05, 3.63) is 47.7 Å². The van der Waals surface area contributed by atoms with Crippen molar-refractivity contribution in [2.45, 2.75) is 44.8 Å². The molecule has 2 N–H and O–H groups in total. The maximum absolute atomic E-state index is 12.5. The van der Waals surface area contributed by atoms with Gasteiger partial charge in [0, 0.05) is 5.56 Å². The zero-order chi connectivity index (χ0) is 23.0. The minimum atomic E-state index is -1.01. The van der Waals surface area contributed by atoms with Crippen molar-refractivity contribution < 1.29 is 14.4 Å². The predicted molar refractivity (Wildman–Crippen MR) is 121 cm³/mol. The van der Waals surface area contributed by atoms with E-state index in [-0.39, 0.29) is 5.75 Å². The summed E-state index contributed by atoms with van der Waals surface area (Å²) < 4.78 is 1.74. The molecule has 1 aliphatic rings. The van der Waals surface area contributed by atoms with E-state index in [1.165, 1.54) is 11.8 Å². The smallest absolute Gasteiger partial charge is 0.322 e. The molecule has 1 aromatic carbocycles. The Morgan fingerprint density at radius 1 is 1.22 bits per heavy atom. The second-order valence-electron chi connectivity index (χ2n) is 7.92. The molecule has 4 amide bonds. The minimum Gasteiger partial charge on any atom is -0.322 e. The molecule has 32 heavy (non-hydrogen) atoms. The summed E-state index contributed by atoms with van der Waals surface area (Å²) in [5.74, 6) is -1.00. The number of carbonyl (C=O) groups is 3. The number of aromatic nitrogens is 3. The molecular formula is C22H24N6O3S. The number of carbonyl (C=O) groups excluding carboxylic acids is 3. The van der Waals surface area contributed by atoms with Gasteiger partial charge in [0.05, 0.1) is 22.7 Å². The zero-order valence-electron chi connectivity index (χ0n) is 18.3. The number of urea groups is 1. The van der Waals surface area contributed by atoms with Gasteiger partial charge in [0.25, 0.3) is 5.91 Å². The number of benzene rings is 1. The average molecular weight is 453 g/mol. The van der Waals surface area contributed by atoms with Gasteiger partial charge in [-0.1, -0.05) is 49.0 Å². The Morgan fingerprint density at radius 2 is 1.94 bits per heavy atom. The number of hydrogen-bond donors (Lipinski definition) is 2. The molecule has 3 aromatic rings. The topological polar surface area (TPSA) is 109 Å². The summed E-state index contributed by atoms with van der Waals surface area (Å²) in [7, 11) is 0. The second kappa shape index (κ2) is 8.27. The lowest BCUT2D eigenvalue weighted by Gasteiger charge is -2.19. The van der Waals surface area contributed by atoms with E-state index >= 15 is 0 Å². The molecular weight excluding hydrogens is 428 g/mol. The van der Waals surface area contributed by atoms with E-state index in [9.17, 15) is 14.4 Å². The van der Waals surface area contributed by atoms with Gasteiger partial charge in [0.15, 0.2) is 5.16 Å². The van der Waals surface area contributed by atoms with Crippen molar-refractivity contribution in [2.24, 2.45) is 0 Å². The summed E-state index contributed by atoms with van der Waals surface area (Å²) in [5.41, 5.74) is 5.85. The van der Waals surface area contributed by atoms with Gasteiger partial charge in [0.1, 0.15) is 5.54 Å².